The third kappa shape index (κ3) is 5.16. The molecule has 0 aliphatic carbocycles. The average Bonchev–Trinajstić information content (AvgIpc) is 2.40. The molecule has 0 saturated carbocycles. The highest BCUT2D eigenvalue weighted by atomic mass is 32.1. The van der Waals surface area contributed by atoms with Gasteiger partial charge in [-0.05, 0) is 12.1 Å². The first kappa shape index (κ1) is 15.9. The van der Waals surface area contributed by atoms with Crippen LogP contribution in [0.1, 0.15) is 13.3 Å². The molecule has 0 radical (unpaired) electrons. The van der Waals surface area contributed by atoms with Crippen LogP contribution in [0.15, 0.2) is 29.2 Å². The lowest BCUT2D eigenvalue weighted by molar-refractivity contribution is -0.134. The van der Waals surface area contributed by atoms with Gasteiger partial charge in [0, 0.05) is 23.6 Å². The maximum absolute atomic E-state index is 11.9. The topological polar surface area (TPSA) is 49.4 Å². The van der Waals surface area contributed by atoms with E-state index in [0.717, 1.165) is 0 Å². The molecular weight excluding hydrogens is 280 g/mol. The predicted molar refractivity (Wildman–Crippen MR) is 83.0 cm³/mol. The molecule has 0 saturated heterocycles. The molecule has 1 aromatic rings. The summed E-state index contributed by atoms with van der Waals surface area (Å²) in [5.41, 5.74) is 0.644. The van der Waals surface area contributed by atoms with Crippen molar-refractivity contribution < 1.29 is 9.59 Å². The number of hydrogen-bond acceptors (Lipinski definition) is 4. The molecule has 1 aromatic carbocycles. The van der Waals surface area contributed by atoms with E-state index in [4.69, 9.17) is 0 Å². The molecule has 104 valence electrons. The molecule has 6 heteroatoms. The second-order valence-electron chi connectivity index (χ2n) is 3.96. The number of amides is 2. The van der Waals surface area contributed by atoms with Crippen LogP contribution in [0.2, 0.25) is 0 Å². The van der Waals surface area contributed by atoms with Crippen molar-refractivity contribution >= 4 is 42.8 Å². The number of thiol groups is 2. The van der Waals surface area contributed by atoms with E-state index in [1.54, 1.807) is 19.1 Å². The van der Waals surface area contributed by atoms with Crippen molar-refractivity contribution in [3.63, 3.8) is 0 Å². The van der Waals surface area contributed by atoms with Crippen LogP contribution in [0.4, 0.5) is 5.69 Å². The van der Waals surface area contributed by atoms with E-state index < -0.39 is 0 Å². The quantitative estimate of drug-likeness (QED) is 0.704. The van der Waals surface area contributed by atoms with Crippen LogP contribution in [0, 0.1) is 0 Å². The van der Waals surface area contributed by atoms with Gasteiger partial charge in [0.1, 0.15) is 0 Å². The standard InChI is InChI=1S/C13H18N2O2S2/c1-2-13(17)15(7-8-18)9-12(16)14-10-5-3-4-6-11(10)19/h3-6,18-19H,2,7-9H2,1H3,(H,14,16). The molecule has 0 bridgehead atoms. The molecule has 0 fully saturated rings. The number of nitrogens with one attached hydrogen (secondary N) is 1. The summed E-state index contributed by atoms with van der Waals surface area (Å²) in [6, 6.07) is 7.22. The number of carbonyl (C=O) groups is 2. The Kier molecular flexibility index (Phi) is 6.80. The van der Waals surface area contributed by atoms with Gasteiger partial charge in [0.25, 0.3) is 0 Å². The van der Waals surface area contributed by atoms with Gasteiger partial charge in [-0.1, -0.05) is 19.1 Å². The zero-order chi connectivity index (χ0) is 14.3. The lowest BCUT2D eigenvalue weighted by Crippen LogP contribution is -2.38. The molecular formula is C13H18N2O2S2. The Morgan fingerprint density at radius 2 is 2.00 bits per heavy atom. The van der Waals surface area contributed by atoms with E-state index in [1.807, 2.05) is 12.1 Å². The van der Waals surface area contributed by atoms with Gasteiger partial charge in [0.05, 0.1) is 12.2 Å². The highest BCUT2D eigenvalue weighted by Crippen LogP contribution is 2.18. The SMILES string of the molecule is CCC(=O)N(CCS)CC(=O)Nc1ccccc1S. The van der Waals surface area contributed by atoms with Gasteiger partial charge in [0.2, 0.25) is 11.8 Å². The number of anilines is 1. The summed E-state index contributed by atoms with van der Waals surface area (Å²) in [4.78, 5) is 25.8. The minimum Gasteiger partial charge on any atom is -0.333 e. The van der Waals surface area contributed by atoms with Crippen molar-refractivity contribution in [3.05, 3.63) is 24.3 Å². The lowest BCUT2D eigenvalue weighted by atomic mass is 10.3. The van der Waals surface area contributed by atoms with Crippen LogP contribution >= 0.6 is 25.3 Å². The minimum absolute atomic E-state index is 0.0370. The van der Waals surface area contributed by atoms with Crippen LogP contribution in [-0.4, -0.2) is 35.6 Å². The molecule has 0 atom stereocenters. The van der Waals surface area contributed by atoms with E-state index in [1.165, 1.54) is 4.90 Å². The van der Waals surface area contributed by atoms with Crippen LogP contribution in [-0.2, 0) is 9.59 Å². The molecule has 0 aromatic heterocycles. The first-order chi connectivity index (χ1) is 9.08. The highest BCUT2D eigenvalue weighted by molar-refractivity contribution is 7.80. The lowest BCUT2D eigenvalue weighted by Gasteiger charge is -2.20. The summed E-state index contributed by atoms with van der Waals surface area (Å²) in [5, 5.41) is 2.74. The zero-order valence-corrected chi connectivity index (χ0v) is 12.6. The first-order valence-electron chi connectivity index (χ1n) is 6.05. The van der Waals surface area contributed by atoms with Gasteiger partial charge in [-0.2, -0.15) is 12.6 Å². The van der Waals surface area contributed by atoms with Crippen molar-refractivity contribution in [1.29, 1.82) is 0 Å². The van der Waals surface area contributed by atoms with Gasteiger partial charge in [-0.3, -0.25) is 9.59 Å². The second-order valence-corrected chi connectivity index (χ2v) is 4.89. The van der Waals surface area contributed by atoms with Crippen LogP contribution in [0.5, 0.6) is 0 Å². The summed E-state index contributed by atoms with van der Waals surface area (Å²) in [6.45, 7) is 2.27. The molecule has 19 heavy (non-hydrogen) atoms. The Labute approximate surface area is 124 Å². The van der Waals surface area contributed by atoms with Crippen LogP contribution in [0.3, 0.4) is 0 Å². The third-order valence-electron chi connectivity index (χ3n) is 2.54. The Morgan fingerprint density at radius 1 is 1.32 bits per heavy atom. The summed E-state index contributed by atoms with van der Waals surface area (Å²) in [7, 11) is 0. The van der Waals surface area contributed by atoms with Crippen LogP contribution in [0.25, 0.3) is 0 Å². The molecule has 2 amide bonds. The van der Waals surface area contributed by atoms with E-state index in [2.05, 4.69) is 30.6 Å². The molecule has 1 N–H and O–H groups in total. The van der Waals surface area contributed by atoms with Gasteiger partial charge in [-0.25, -0.2) is 0 Å². The highest BCUT2D eigenvalue weighted by Gasteiger charge is 2.15. The Morgan fingerprint density at radius 3 is 2.58 bits per heavy atom. The fourth-order valence-electron chi connectivity index (χ4n) is 1.58. The molecule has 4 nitrogen and oxygen atoms in total. The van der Waals surface area contributed by atoms with Crippen molar-refractivity contribution in [3.8, 4) is 0 Å². The van der Waals surface area contributed by atoms with E-state index in [9.17, 15) is 9.59 Å². The Hall–Kier alpha value is -1.14. The smallest absolute Gasteiger partial charge is 0.244 e. The predicted octanol–water partition coefficient (Wildman–Crippen LogP) is 2.08. The fourth-order valence-corrected chi connectivity index (χ4v) is 2.04. The summed E-state index contributed by atoms with van der Waals surface area (Å²) < 4.78 is 0. The van der Waals surface area contributed by atoms with E-state index in [0.29, 0.717) is 29.3 Å². The monoisotopic (exact) mass is 298 g/mol. The Balaban J connectivity index is 2.63. The largest absolute Gasteiger partial charge is 0.333 e. The third-order valence-corrected chi connectivity index (χ3v) is 3.13. The van der Waals surface area contributed by atoms with Gasteiger partial charge in [0.15, 0.2) is 0 Å². The number of carbonyl (C=O) groups excluding carboxylic acids is 2. The van der Waals surface area contributed by atoms with Gasteiger partial charge < -0.3 is 10.2 Å². The molecule has 0 heterocycles. The number of benzene rings is 1. The number of rotatable bonds is 6. The maximum atomic E-state index is 11.9. The first-order valence-corrected chi connectivity index (χ1v) is 7.13. The maximum Gasteiger partial charge on any atom is 0.244 e. The van der Waals surface area contributed by atoms with Gasteiger partial charge >= 0.3 is 0 Å². The number of para-hydroxylation sites is 1. The number of nitrogens with zero attached hydrogens (tertiary/aromatic N) is 1. The van der Waals surface area contributed by atoms with Crippen LogP contribution < -0.4 is 5.32 Å². The van der Waals surface area contributed by atoms with Crippen molar-refractivity contribution in [2.75, 3.05) is 24.2 Å². The Bertz CT molecular complexity index is 452. The molecule has 1 rings (SSSR count). The normalized spacial score (nSPS) is 10.1. The molecule has 0 unspecified atom stereocenters. The van der Waals surface area contributed by atoms with Crippen molar-refractivity contribution in [2.45, 2.75) is 18.2 Å². The van der Waals surface area contributed by atoms with Crippen molar-refractivity contribution in [2.24, 2.45) is 0 Å². The zero-order valence-electron chi connectivity index (χ0n) is 10.8. The molecule has 0 aliphatic rings. The summed E-state index contributed by atoms with van der Waals surface area (Å²) in [5.74, 6) is 0.246. The fraction of sp³-hybridized carbons (Fsp3) is 0.385. The molecule has 0 aliphatic heterocycles. The summed E-state index contributed by atoms with van der Waals surface area (Å²) >= 11 is 8.35. The van der Waals surface area contributed by atoms with E-state index in [-0.39, 0.29) is 18.4 Å². The summed E-state index contributed by atoms with van der Waals surface area (Å²) in [6.07, 6.45) is 0.379. The molecule has 0 spiro atoms. The minimum atomic E-state index is -0.231. The second kappa shape index (κ2) is 8.12. The van der Waals surface area contributed by atoms with E-state index >= 15 is 0 Å². The van der Waals surface area contributed by atoms with Gasteiger partial charge in [-0.15, -0.1) is 12.6 Å². The van der Waals surface area contributed by atoms with Crippen molar-refractivity contribution in [1.82, 2.24) is 4.90 Å². The average molecular weight is 298 g/mol. The number of hydrogen-bond donors (Lipinski definition) is 3.